The van der Waals surface area contributed by atoms with Gasteiger partial charge >= 0.3 is 6.09 Å². The molecule has 53 heavy (non-hydrogen) atoms. The number of hydrogen-bond acceptors (Lipinski definition) is 10. The zero-order valence-corrected chi connectivity index (χ0v) is 31.7. The lowest BCUT2D eigenvalue weighted by molar-refractivity contribution is -0.126. The van der Waals surface area contributed by atoms with Gasteiger partial charge in [0.25, 0.3) is 5.91 Å². The number of anilines is 1. The second-order valence-corrected chi connectivity index (χ2v) is 15.4. The van der Waals surface area contributed by atoms with E-state index in [4.69, 9.17) is 9.47 Å². The molecule has 1 aliphatic heterocycles. The first-order valence-corrected chi connectivity index (χ1v) is 18.9. The number of ether oxygens (including phenoxy) is 2. The van der Waals surface area contributed by atoms with E-state index in [9.17, 15) is 19.6 Å². The molecule has 14 heteroatoms. The summed E-state index contributed by atoms with van der Waals surface area (Å²) < 4.78 is 13.0. The number of nitriles is 1. The van der Waals surface area contributed by atoms with Crippen LogP contribution in [0, 0.1) is 17.2 Å². The van der Waals surface area contributed by atoms with Crippen molar-refractivity contribution in [2.45, 2.75) is 103 Å². The Kier molecular flexibility index (Phi) is 13.7. The molecule has 2 aliphatic rings. The Labute approximate surface area is 312 Å². The highest BCUT2D eigenvalue weighted by atomic mass is 16.6. The number of pyridine rings is 2. The fourth-order valence-electron chi connectivity index (χ4n) is 6.87. The number of carbonyl (C=O) groups excluding carboxylic acids is 3. The number of aromatic nitrogens is 3. The molecule has 1 saturated carbocycles. The molecule has 1 atom stereocenters. The molecular formula is C39H55N9O5. The normalized spacial score (nSPS) is 19.2. The molecule has 2 fully saturated rings. The number of nitrogens with one attached hydrogen (secondary N) is 4. The number of carbonyl (C=O) groups is 3. The van der Waals surface area contributed by atoms with Gasteiger partial charge in [0.05, 0.1) is 16.8 Å². The maximum Gasteiger partial charge on any atom is 0.407 e. The second-order valence-electron chi connectivity index (χ2n) is 15.4. The van der Waals surface area contributed by atoms with Crippen molar-refractivity contribution in [3.63, 3.8) is 0 Å². The average Bonchev–Trinajstić information content (AvgIpc) is 3.74. The number of alkyl carbamates (subject to hydrolysis) is 1. The highest BCUT2D eigenvalue weighted by molar-refractivity contribution is 6.00. The molecule has 0 aromatic carbocycles. The lowest BCUT2D eigenvalue weighted by Gasteiger charge is -2.28. The van der Waals surface area contributed by atoms with E-state index >= 15 is 0 Å². The SMILES string of the molecule is CC(C)Nc1cc(-n2ccc3cc(C#N)cnc32)ncc1C(=O)NC1CCC(C(=O)NCCCOCCCN2CC[C@@H](NC(=O)OC(C)(C)C)C2)CC1. The summed E-state index contributed by atoms with van der Waals surface area (Å²) in [5, 5.41) is 22.6. The van der Waals surface area contributed by atoms with Gasteiger partial charge in [0, 0.05) is 93.5 Å². The van der Waals surface area contributed by atoms with Crippen LogP contribution in [0.1, 0.15) is 95.5 Å². The molecule has 286 valence electrons. The van der Waals surface area contributed by atoms with Crippen molar-refractivity contribution in [1.29, 1.82) is 5.26 Å². The van der Waals surface area contributed by atoms with Crippen LogP contribution >= 0.6 is 0 Å². The molecule has 0 radical (unpaired) electrons. The van der Waals surface area contributed by atoms with Crippen LogP contribution in [0.25, 0.3) is 16.9 Å². The molecule has 3 amide bonds. The summed E-state index contributed by atoms with van der Waals surface area (Å²) in [6.07, 6.45) is 10.1. The largest absolute Gasteiger partial charge is 0.444 e. The minimum atomic E-state index is -0.499. The van der Waals surface area contributed by atoms with Gasteiger partial charge in [-0.25, -0.2) is 14.8 Å². The Morgan fingerprint density at radius 3 is 2.51 bits per heavy atom. The third kappa shape index (κ3) is 11.6. The number of nitrogens with zero attached hydrogens (tertiary/aromatic N) is 5. The predicted octanol–water partition coefficient (Wildman–Crippen LogP) is 4.91. The Morgan fingerprint density at radius 1 is 1.00 bits per heavy atom. The first-order valence-electron chi connectivity index (χ1n) is 18.9. The number of rotatable bonds is 15. The van der Waals surface area contributed by atoms with Crippen LogP contribution in [0.2, 0.25) is 0 Å². The van der Waals surface area contributed by atoms with Crippen molar-refractivity contribution < 1.29 is 23.9 Å². The first kappa shape index (κ1) is 39.5. The number of hydrogen-bond donors (Lipinski definition) is 4. The molecule has 0 spiro atoms. The van der Waals surface area contributed by atoms with Crippen LogP contribution < -0.4 is 21.3 Å². The first-order chi connectivity index (χ1) is 25.4. The summed E-state index contributed by atoms with van der Waals surface area (Å²) in [6, 6.07) is 7.81. The van der Waals surface area contributed by atoms with Gasteiger partial charge in [-0.05, 0) is 91.7 Å². The van der Waals surface area contributed by atoms with Crippen LogP contribution in [0.3, 0.4) is 0 Å². The minimum absolute atomic E-state index is 0.0221. The number of fused-ring (bicyclic) bond motifs is 1. The molecule has 4 heterocycles. The smallest absolute Gasteiger partial charge is 0.407 e. The van der Waals surface area contributed by atoms with Crippen molar-refractivity contribution in [2.24, 2.45) is 5.92 Å². The van der Waals surface area contributed by atoms with Gasteiger partial charge in [0.2, 0.25) is 5.91 Å². The molecule has 4 N–H and O–H groups in total. The fraction of sp³-hybridized carbons (Fsp3) is 0.590. The standard InChI is InChI=1S/C39H55N9O5/c1-26(2)44-33-21-34(48-17-12-29-20-27(22-40)23-43-35(29)48)42-24-32(33)37(50)45-30-10-8-28(9-11-30)36(49)41-14-6-18-52-19-7-15-47-16-13-31(25-47)46-38(51)53-39(3,4)5/h12,17,20-21,23-24,26,28,30-31H,6-11,13-16,18-19,25H2,1-5H3,(H,41,49)(H,42,44)(H,45,50)(H,46,51)/t28?,30?,31-/m1/s1. The number of amides is 3. The van der Waals surface area contributed by atoms with Gasteiger partial charge in [-0.15, -0.1) is 0 Å². The number of likely N-dealkylation sites (tertiary alicyclic amines) is 1. The molecule has 5 rings (SSSR count). The van der Waals surface area contributed by atoms with Crippen molar-refractivity contribution in [3.8, 4) is 11.9 Å². The predicted molar refractivity (Wildman–Crippen MR) is 203 cm³/mol. The third-order valence-corrected chi connectivity index (χ3v) is 9.43. The second kappa shape index (κ2) is 18.3. The van der Waals surface area contributed by atoms with E-state index in [-0.39, 0.29) is 42.0 Å². The van der Waals surface area contributed by atoms with Gasteiger partial charge in [0.1, 0.15) is 23.1 Å². The van der Waals surface area contributed by atoms with E-state index < -0.39 is 5.60 Å². The van der Waals surface area contributed by atoms with E-state index in [1.807, 2.05) is 57.5 Å². The van der Waals surface area contributed by atoms with Crippen LogP contribution in [0.5, 0.6) is 0 Å². The molecule has 0 unspecified atom stereocenters. The van der Waals surface area contributed by atoms with Gasteiger partial charge in [0.15, 0.2) is 0 Å². The molecule has 3 aromatic rings. The highest BCUT2D eigenvalue weighted by Crippen LogP contribution is 2.27. The van der Waals surface area contributed by atoms with Crippen LogP contribution in [-0.4, -0.2) is 100 Å². The van der Waals surface area contributed by atoms with E-state index in [1.54, 1.807) is 12.3 Å². The quantitative estimate of drug-likeness (QED) is 0.157. The maximum absolute atomic E-state index is 13.5. The van der Waals surface area contributed by atoms with Crippen molar-refractivity contribution in [3.05, 3.63) is 47.9 Å². The minimum Gasteiger partial charge on any atom is -0.444 e. The van der Waals surface area contributed by atoms with Crippen LogP contribution in [0.15, 0.2) is 36.8 Å². The maximum atomic E-state index is 13.5. The average molecular weight is 730 g/mol. The van der Waals surface area contributed by atoms with Gasteiger partial charge in [-0.1, -0.05) is 0 Å². The Balaban J connectivity index is 0.975. The zero-order valence-electron chi connectivity index (χ0n) is 31.7. The summed E-state index contributed by atoms with van der Waals surface area (Å²) in [7, 11) is 0. The molecule has 0 bridgehead atoms. The van der Waals surface area contributed by atoms with Crippen molar-refractivity contribution in [1.82, 2.24) is 35.4 Å². The van der Waals surface area contributed by atoms with Crippen LogP contribution in [-0.2, 0) is 14.3 Å². The molecule has 1 aliphatic carbocycles. The van der Waals surface area contributed by atoms with Crippen LogP contribution in [0.4, 0.5) is 10.5 Å². The lowest BCUT2D eigenvalue weighted by atomic mass is 9.85. The van der Waals surface area contributed by atoms with E-state index in [0.29, 0.717) is 60.9 Å². The van der Waals surface area contributed by atoms with E-state index in [0.717, 1.165) is 57.1 Å². The third-order valence-electron chi connectivity index (χ3n) is 9.43. The van der Waals surface area contributed by atoms with Gasteiger partial charge < -0.3 is 35.6 Å². The molecule has 3 aromatic heterocycles. The van der Waals surface area contributed by atoms with Crippen molar-refractivity contribution in [2.75, 3.05) is 44.7 Å². The molecule has 14 nitrogen and oxygen atoms in total. The Bertz CT molecular complexity index is 1750. The van der Waals surface area contributed by atoms with E-state index in [1.165, 1.54) is 6.20 Å². The fourth-order valence-corrected chi connectivity index (χ4v) is 6.87. The van der Waals surface area contributed by atoms with Gasteiger partial charge in [-0.3, -0.25) is 14.2 Å². The highest BCUT2D eigenvalue weighted by Gasteiger charge is 2.28. The molecular weight excluding hydrogens is 674 g/mol. The monoisotopic (exact) mass is 729 g/mol. The molecule has 1 saturated heterocycles. The summed E-state index contributed by atoms with van der Waals surface area (Å²) in [5.41, 5.74) is 1.79. The summed E-state index contributed by atoms with van der Waals surface area (Å²) >= 11 is 0. The van der Waals surface area contributed by atoms with E-state index in [2.05, 4.69) is 42.2 Å². The topological polar surface area (TPSA) is 176 Å². The summed E-state index contributed by atoms with van der Waals surface area (Å²) in [5.74, 6) is 0.413. The van der Waals surface area contributed by atoms with Crippen molar-refractivity contribution >= 4 is 34.6 Å². The summed E-state index contributed by atoms with van der Waals surface area (Å²) in [6.45, 7) is 14.1. The summed E-state index contributed by atoms with van der Waals surface area (Å²) in [4.78, 5) is 49.7. The lowest BCUT2D eigenvalue weighted by Crippen LogP contribution is -2.41. The zero-order chi connectivity index (χ0) is 38.0. The van der Waals surface area contributed by atoms with Gasteiger partial charge in [-0.2, -0.15) is 5.26 Å². The Hall–Kier alpha value is -4.74. The Morgan fingerprint density at radius 2 is 1.77 bits per heavy atom.